The summed E-state index contributed by atoms with van der Waals surface area (Å²) in [6, 6.07) is 5.03. The number of rotatable bonds is 3. The van der Waals surface area contributed by atoms with Crippen LogP contribution in [0.5, 0.6) is 0 Å². The van der Waals surface area contributed by atoms with Gasteiger partial charge in [0.15, 0.2) is 5.16 Å². The van der Waals surface area contributed by atoms with Crippen LogP contribution in [0, 0.1) is 0 Å². The number of anilines is 1. The highest BCUT2D eigenvalue weighted by atomic mass is 32.2. The number of aromatic nitrogens is 2. The van der Waals surface area contributed by atoms with Gasteiger partial charge in [0.1, 0.15) is 0 Å². The van der Waals surface area contributed by atoms with Crippen molar-refractivity contribution in [2.45, 2.75) is 30.4 Å². The van der Waals surface area contributed by atoms with Crippen molar-refractivity contribution in [1.82, 2.24) is 9.97 Å². The van der Waals surface area contributed by atoms with E-state index < -0.39 is 6.10 Å². The van der Waals surface area contributed by atoms with Crippen LogP contribution in [0.15, 0.2) is 28.2 Å². The molecule has 5 nitrogen and oxygen atoms in total. The Morgan fingerprint density at radius 1 is 1.44 bits per heavy atom. The van der Waals surface area contributed by atoms with Crippen LogP contribution in [0.25, 0.3) is 10.9 Å². The molecule has 2 atom stereocenters. The molecule has 1 aromatic heterocycles. The number of nitrogens with two attached hydrogens (primary N) is 1. The molecule has 96 valence electrons. The van der Waals surface area contributed by atoms with E-state index in [1.165, 1.54) is 11.8 Å². The summed E-state index contributed by atoms with van der Waals surface area (Å²) in [5.41, 5.74) is 6.56. The van der Waals surface area contributed by atoms with Gasteiger partial charge in [0.05, 0.1) is 17.0 Å². The van der Waals surface area contributed by atoms with Gasteiger partial charge in [-0.25, -0.2) is 4.98 Å². The van der Waals surface area contributed by atoms with Gasteiger partial charge in [-0.05, 0) is 25.1 Å². The lowest BCUT2D eigenvalue weighted by atomic mass is 10.2. The van der Waals surface area contributed by atoms with Crippen LogP contribution in [0.3, 0.4) is 0 Å². The smallest absolute Gasteiger partial charge is 0.259 e. The number of thioether (sulfide) groups is 1. The highest BCUT2D eigenvalue weighted by Crippen LogP contribution is 2.22. The third kappa shape index (κ3) is 2.65. The van der Waals surface area contributed by atoms with Crippen LogP contribution in [0.2, 0.25) is 0 Å². The molecule has 0 amide bonds. The van der Waals surface area contributed by atoms with Crippen LogP contribution in [-0.4, -0.2) is 26.4 Å². The topological polar surface area (TPSA) is 92.0 Å². The first kappa shape index (κ1) is 12.9. The lowest BCUT2D eigenvalue weighted by molar-refractivity contribution is 0.196. The lowest BCUT2D eigenvalue weighted by Gasteiger charge is -2.13. The normalized spacial score (nSPS) is 14.6. The van der Waals surface area contributed by atoms with E-state index in [0.29, 0.717) is 21.7 Å². The van der Waals surface area contributed by atoms with Crippen LogP contribution in [-0.2, 0) is 0 Å². The summed E-state index contributed by atoms with van der Waals surface area (Å²) in [6.45, 7) is 3.58. The molecular formula is C12H15N3O2S. The highest BCUT2D eigenvalue weighted by Gasteiger charge is 2.13. The lowest BCUT2D eigenvalue weighted by Crippen LogP contribution is -2.17. The second kappa shape index (κ2) is 4.99. The van der Waals surface area contributed by atoms with Crippen LogP contribution >= 0.6 is 11.8 Å². The van der Waals surface area contributed by atoms with Crippen LogP contribution in [0.4, 0.5) is 5.69 Å². The summed E-state index contributed by atoms with van der Waals surface area (Å²) in [4.78, 5) is 18.9. The minimum absolute atomic E-state index is 0.0422. The van der Waals surface area contributed by atoms with Gasteiger partial charge in [0, 0.05) is 10.9 Å². The van der Waals surface area contributed by atoms with Crippen molar-refractivity contribution >= 4 is 28.4 Å². The molecule has 0 saturated carbocycles. The van der Waals surface area contributed by atoms with Crippen molar-refractivity contribution < 1.29 is 5.11 Å². The number of fused-ring (bicyclic) bond motifs is 1. The van der Waals surface area contributed by atoms with Gasteiger partial charge in [-0.1, -0.05) is 18.7 Å². The number of aliphatic hydroxyl groups excluding tert-OH is 1. The maximum absolute atomic E-state index is 11.9. The molecule has 2 unspecified atom stereocenters. The fraction of sp³-hybridized carbons (Fsp3) is 0.333. The molecule has 0 aliphatic rings. The van der Waals surface area contributed by atoms with Gasteiger partial charge in [-0.3, -0.25) is 4.79 Å². The second-order valence-electron chi connectivity index (χ2n) is 4.21. The van der Waals surface area contributed by atoms with Crippen molar-refractivity contribution in [2.24, 2.45) is 0 Å². The molecule has 6 heteroatoms. The number of benzene rings is 1. The molecule has 2 aromatic rings. The van der Waals surface area contributed by atoms with Gasteiger partial charge in [-0.2, -0.15) is 0 Å². The van der Waals surface area contributed by atoms with Crippen LogP contribution in [0.1, 0.15) is 13.8 Å². The molecule has 2 rings (SSSR count). The average Bonchev–Trinajstić information content (AvgIpc) is 2.30. The molecule has 0 bridgehead atoms. The monoisotopic (exact) mass is 265 g/mol. The van der Waals surface area contributed by atoms with E-state index in [0.717, 1.165) is 0 Å². The third-order valence-electron chi connectivity index (χ3n) is 2.68. The minimum Gasteiger partial charge on any atom is -0.399 e. The van der Waals surface area contributed by atoms with E-state index >= 15 is 0 Å². The molecule has 4 N–H and O–H groups in total. The molecule has 0 saturated heterocycles. The fourth-order valence-corrected chi connectivity index (χ4v) is 2.32. The SMILES string of the molecule is CC(O)C(C)Sc1nc2ccc(N)cc2c(=O)[nH]1. The van der Waals surface area contributed by atoms with E-state index in [4.69, 9.17) is 5.73 Å². The Bertz CT molecular complexity index is 624. The minimum atomic E-state index is -0.470. The van der Waals surface area contributed by atoms with Gasteiger partial charge >= 0.3 is 0 Å². The number of aliphatic hydroxyl groups is 1. The molecule has 1 heterocycles. The number of nitrogens with zero attached hydrogens (tertiary/aromatic N) is 1. The summed E-state index contributed by atoms with van der Waals surface area (Å²) < 4.78 is 0. The highest BCUT2D eigenvalue weighted by molar-refractivity contribution is 7.99. The third-order valence-corrected chi connectivity index (χ3v) is 3.87. The van der Waals surface area contributed by atoms with Crippen LogP contribution < -0.4 is 11.3 Å². The number of nitrogens with one attached hydrogen (secondary N) is 1. The molecule has 18 heavy (non-hydrogen) atoms. The molecule has 1 aromatic carbocycles. The number of H-pyrrole nitrogens is 1. The van der Waals surface area contributed by atoms with E-state index in [2.05, 4.69) is 9.97 Å². The second-order valence-corrected chi connectivity index (χ2v) is 5.58. The van der Waals surface area contributed by atoms with E-state index in [-0.39, 0.29) is 10.8 Å². The average molecular weight is 265 g/mol. The van der Waals surface area contributed by atoms with Crippen molar-refractivity contribution in [1.29, 1.82) is 0 Å². The predicted molar refractivity (Wildman–Crippen MR) is 73.8 cm³/mol. The number of hydrogen-bond donors (Lipinski definition) is 3. The molecule has 0 aliphatic heterocycles. The summed E-state index contributed by atoms with van der Waals surface area (Å²) in [7, 11) is 0. The quantitative estimate of drug-likeness (QED) is 0.443. The van der Waals surface area contributed by atoms with Crippen molar-refractivity contribution in [3.05, 3.63) is 28.6 Å². The Kier molecular flexibility index (Phi) is 3.58. The van der Waals surface area contributed by atoms with E-state index in [9.17, 15) is 9.90 Å². The Hall–Kier alpha value is -1.53. The Labute approximate surface area is 108 Å². The zero-order chi connectivity index (χ0) is 13.3. The zero-order valence-corrected chi connectivity index (χ0v) is 11.0. The predicted octanol–water partition coefficient (Wildman–Crippen LogP) is 1.37. The zero-order valence-electron chi connectivity index (χ0n) is 10.2. The molecule has 0 fully saturated rings. The van der Waals surface area contributed by atoms with Gasteiger partial charge < -0.3 is 15.8 Å². The van der Waals surface area contributed by atoms with Gasteiger partial charge in [0.2, 0.25) is 0 Å². The first-order chi connectivity index (χ1) is 8.47. The first-order valence-corrected chi connectivity index (χ1v) is 6.49. The van der Waals surface area contributed by atoms with Gasteiger partial charge in [-0.15, -0.1) is 0 Å². The largest absolute Gasteiger partial charge is 0.399 e. The number of hydrogen-bond acceptors (Lipinski definition) is 5. The summed E-state index contributed by atoms with van der Waals surface area (Å²) >= 11 is 1.34. The number of aromatic amines is 1. The van der Waals surface area contributed by atoms with Crippen molar-refractivity contribution in [3.63, 3.8) is 0 Å². The first-order valence-electron chi connectivity index (χ1n) is 5.61. The molecule has 0 spiro atoms. The summed E-state index contributed by atoms with van der Waals surface area (Å²) in [5, 5.41) is 10.4. The maximum atomic E-state index is 11.9. The van der Waals surface area contributed by atoms with Crippen molar-refractivity contribution in [3.8, 4) is 0 Å². The summed E-state index contributed by atoms with van der Waals surface area (Å²) in [5.74, 6) is 0. The summed E-state index contributed by atoms with van der Waals surface area (Å²) in [6.07, 6.45) is -0.470. The Balaban J connectivity index is 2.43. The fourth-order valence-electron chi connectivity index (χ4n) is 1.47. The molecular weight excluding hydrogens is 250 g/mol. The van der Waals surface area contributed by atoms with E-state index in [1.807, 2.05) is 6.92 Å². The maximum Gasteiger partial charge on any atom is 0.259 e. The number of nitrogen functional groups attached to an aromatic ring is 1. The van der Waals surface area contributed by atoms with Crippen molar-refractivity contribution in [2.75, 3.05) is 5.73 Å². The molecule has 0 aliphatic carbocycles. The molecule has 0 radical (unpaired) electrons. The standard InChI is InChI=1S/C12H15N3O2S/c1-6(16)7(2)18-12-14-10-4-3-8(13)5-9(10)11(17)15-12/h3-7,16H,13H2,1-2H3,(H,14,15,17). The van der Waals surface area contributed by atoms with Gasteiger partial charge in [0.25, 0.3) is 5.56 Å². The Morgan fingerprint density at radius 2 is 2.17 bits per heavy atom. The Morgan fingerprint density at radius 3 is 2.83 bits per heavy atom. The van der Waals surface area contributed by atoms with E-state index in [1.54, 1.807) is 25.1 Å².